The summed E-state index contributed by atoms with van der Waals surface area (Å²) in [7, 11) is 2.79. The lowest BCUT2D eigenvalue weighted by atomic mass is 10.1. The second kappa shape index (κ2) is 9.75. The number of carbonyl (C=O) groups excluding carboxylic acids is 1. The Morgan fingerprint density at radius 1 is 1.29 bits per heavy atom. The first-order chi connectivity index (χ1) is 16.4. The third kappa shape index (κ3) is 4.62. The fourth-order valence-corrected chi connectivity index (χ4v) is 3.72. The number of hydrogen-bond donors (Lipinski definition) is 2. The minimum Gasteiger partial charge on any atom is -0.496 e. The van der Waals surface area contributed by atoms with E-state index in [1.165, 1.54) is 7.11 Å². The first-order valence-electron chi connectivity index (χ1n) is 9.93. The number of rotatable bonds is 7. The summed E-state index contributed by atoms with van der Waals surface area (Å²) in [4.78, 5) is 20.6. The molecule has 0 radical (unpaired) electrons. The molecule has 13 heteroatoms. The molecule has 0 aliphatic rings. The molecule has 174 valence electrons. The molecule has 1 aromatic carbocycles. The maximum Gasteiger partial charge on any atom is 0.413 e. The Labute approximate surface area is 202 Å². The summed E-state index contributed by atoms with van der Waals surface area (Å²) >= 11 is 3.45. The molecule has 0 aliphatic heterocycles. The molecular formula is C21H19BrN8O4. The van der Waals surface area contributed by atoms with Gasteiger partial charge in [-0.1, -0.05) is 11.2 Å². The number of fused-ring (bicyclic) bond motifs is 1. The molecule has 3 aromatic heterocycles. The number of methoxy groups -OCH3 is 2. The average molecular weight is 527 g/mol. The molecule has 0 saturated heterocycles. The molecule has 0 spiro atoms. The number of aryl methyl sites for hydroxylation is 1. The van der Waals surface area contributed by atoms with E-state index in [1.54, 1.807) is 36.2 Å². The van der Waals surface area contributed by atoms with Crippen LogP contribution in [0.15, 0.2) is 33.5 Å². The number of anilines is 2. The SMILES string of the molecule is COC(=O)Nc1nc(NCc2cnoc2C)c2c(n1)c(Br)nn2Cc1ccc(C#N)cc1OC. The van der Waals surface area contributed by atoms with Crippen molar-refractivity contribution < 1.29 is 18.8 Å². The first kappa shape index (κ1) is 23.0. The Balaban J connectivity index is 1.79. The lowest BCUT2D eigenvalue weighted by Gasteiger charge is -2.13. The van der Waals surface area contributed by atoms with Crippen LogP contribution in [-0.2, 0) is 17.8 Å². The minimum atomic E-state index is -0.703. The largest absolute Gasteiger partial charge is 0.496 e. The van der Waals surface area contributed by atoms with Crippen LogP contribution in [0.5, 0.6) is 5.75 Å². The topological polar surface area (TPSA) is 153 Å². The van der Waals surface area contributed by atoms with E-state index in [-0.39, 0.29) is 5.95 Å². The molecule has 0 saturated carbocycles. The zero-order chi connectivity index (χ0) is 24.2. The molecule has 0 atom stereocenters. The Kier molecular flexibility index (Phi) is 6.60. The molecule has 2 N–H and O–H groups in total. The van der Waals surface area contributed by atoms with Crippen LogP contribution in [0.1, 0.15) is 22.5 Å². The number of ether oxygens (including phenoxy) is 2. The molecule has 34 heavy (non-hydrogen) atoms. The summed E-state index contributed by atoms with van der Waals surface area (Å²) in [5.41, 5.74) is 3.19. The van der Waals surface area contributed by atoms with Crippen molar-refractivity contribution in [1.82, 2.24) is 24.9 Å². The van der Waals surface area contributed by atoms with E-state index in [9.17, 15) is 10.1 Å². The van der Waals surface area contributed by atoms with E-state index >= 15 is 0 Å². The predicted octanol–water partition coefficient (Wildman–Crippen LogP) is 3.60. The van der Waals surface area contributed by atoms with E-state index < -0.39 is 6.09 Å². The lowest BCUT2D eigenvalue weighted by molar-refractivity contribution is 0.186. The van der Waals surface area contributed by atoms with Crippen molar-refractivity contribution in [3.05, 3.63) is 51.4 Å². The monoisotopic (exact) mass is 526 g/mol. The molecule has 4 aromatic rings. The van der Waals surface area contributed by atoms with Crippen LogP contribution in [0.4, 0.5) is 16.6 Å². The van der Waals surface area contributed by atoms with Gasteiger partial charge in [0, 0.05) is 17.7 Å². The third-order valence-electron chi connectivity index (χ3n) is 4.98. The maximum atomic E-state index is 11.7. The molecule has 4 rings (SSSR count). The van der Waals surface area contributed by atoms with Gasteiger partial charge in [-0.05, 0) is 35.0 Å². The average Bonchev–Trinajstić information content (AvgIpc) is 3.39. The van der Waals surface area contributed by atoms with Gasteiger partial charge < -0.3 is 19.3 Å². The number of amides is 1. The number of nitrogens with one attached hydrogen (secondary N) is 2. The van der Waals surface area contributed by atoms with E-state index in [0.29, 0.717) is 51.6 Å². The Hall–Kier alpha value is -4.18. The lowest BCUT2D eigenvalue weighted by Crippen LogP contribution is -2.15. The van der Waals surface area contributed by atoms with Crippen LogP contribution in [0, 0.1) is 18.3 Å². The number of benzene rings is 1. The van der Waals surface area contributed by atoms with Gasteiger partial charge in [0.1, 0.15) is 22.5 Å². The summed E-state index contributed by atoms with van der Waals surface area (Å²) in [5, 5.41) is 23.3. The van der Waals surface area contributed by atoms with Crippen LogP contribution in [-0.4, -0.2) is 45.2 Å². The molecule has 0 aliphatic carbocycles. The van der Waals surface area contributed by atoms with E-state index in [4.69, 9.17) is 9.26 Å². The summed E-state index contributed by atoms with van der Waals surface area (Å²) in [6, 6.07) is 7.28. The molecular weight excluding hydrogens is 508 g/mol. The van der Waals surface area contributed by atoms with Crippen LogP contribution in [0.2, 0.25) is 0 Å². The van der Waals surface area contributed by atoms with Crippen molar-refractivity contribution >= 4 is 44.8 Å². The predicted molar refractivity (Wildman–Crippen MR) is 124 cm³/mol. The number of halogens is 1. The van der Waals surface area contributed by atoms with E-state index in [0.717, 1.165) is 11.1 Å². The summed E-state index contributed by atoms with van der Waals surface area (Å²) in [6.45, 7) is 2.48. The summed E-state index contributed by atoms with van der Waals surface area (Å²) in [5.74, 6) is 1.68. The van der Waals surface area contributed by atoms with Crippen molar-refractivity contribution in [2.45, 2.75) is 20.0 Å². The van der Waals surface area contributed by atoms with Gasteiger partial charge in [0.2, 0.25) is 5.95 Å². The molecule has 1 amide bonds. The molecule has 0 unspecified atom stereocenters. The van der Waals surface area contributed by atoms with Gasteiger partial charge >= 0.3 is 6.09 Å². The van der Waals surface area contributed by atoms with Gasteiger partial charge in [-0.25, -0.2) is 9.78 Å². The fraction of sp³-hybridized carbons (Fsp3) is 0.238. The van der Waals surface area contributed by atoms with Gasteiger partial charge in [-0.2, -0.15) is 15.3 Å². The number of nitriles is 1. The van der Waals surface area contributed by atoms with Gasteiger partial charge in [-0.15, -0.1) is 0 Å². The molecule has 12 nitrogen and oxygen atoms in total. The second-order valence-electron chi connectivity index (χ2n) is 7.06. The van der Waals surface area contributed by atoms with Crippen LogP contribution >= 0.6 is 15.9 Å². The minimum absolute atomic E-state index is 0.0418. The number of hydrogen-bond acceptors (Lipinski definition) is 10. The summed E-state index contributed by atoms with van der Waals surface area (Å²) < 4.78 is 17.4. The maximum absolute atomic E-state index is 11.7. The Morgan fingerprint density at radius 2 is 2.12 bits per heavy atom. The first-order valence-corrected chi connectivity index (χ1v) is 10.7. The van der Waals surface area contributed by atoms with Crippen molar-refractivity contribution in [3.8, 4) is 11.8 Å². The smallest absolute Gasteiger partial charge is 0.413 e. The molecule has 0 bridgehead atoms. The highest BCUT2D eigenvalue weighted by Gasteiger charge is 2.20. The van der Waals surface area contributed by atoms with Crippen molar-refractivity contribution in [1.29, 1.82) is 5.26 Å². The summed E-state index contributed by atoms with van der Waals surface area (Å²) in [6.07, 6.45) is 0.911. The van der Waals surface area contributed by atoms with Crippen LogP contribution in [0.25, 0.3) is 11.0 Å². The van der Waals surface area contributed by atoms with E-state index in [1.807, 2.05) is 6.92 Å². The van der Waals surface area contributed by atoms with E-state index in [2.05, 4.69) is 57.6 Å². The number of nitrogens with zero attached hydrogens (tertiary/aromatic N) is 6. The normalized spacial score (nSPS) is 10.7. The van der Waals surface area contributed by atoms with Crippen molar-refractivity contribution in [3.63, 3.8) is 0 Å². The fourth-order valence-electron chi connectivity index (χ4n) is 3.26. The highest BCUT2D eigenvalue weighted by molar-refractivity contribution is 9.10. The van der Waals surface area contributed by atoms with Gasteiger partial charge in [0.15, 0.2) is 10.4 Å². The zero-order valence-corrected chi connectivity index (χ0v) is 20.0. The van der Waals surface area contributed by atoms with Crippen molar-refractivity contribution in [2.75, 3.05) is 24.9 Å². The quantitative estimate of drug-likeness (QED) is 0.365. The zero-order valence-electron chi connectivity index (χ0n) is 18.4. The van der Waals surface area contributed by atoms with Crippen molar-refractivity contribution in [2.24, 2.45) is 0 Å². The van der Waals surface area contributed by atoms with Crippen LogP contribution in [0.3, 0.4) is 0 Å². The third-order valence-corrected chi connectivity index (χ3v) is 5.51. The highest BCUT2D eigenvalue weighted by atomic mass is 79.9. The van der Waals surface area contributed by atoms with Crippen LogP contribution < -0.4 is 15.4 Å². The number of carbonyl (C=O) groups is 1. The molecule has 0 fully saturated rings. The Bertz CT molecular complexity index is 1410. The van der Waals surface area contributed by atoms with Gasteiger partial charge in [0.25, 0.3) is 0 Å². The number of aromatic nitrogens is 5. The second-order valence-corrected chi connectivity index (χ2v) is 7.81. The Morgan fingerprint density at radius 3 is 2.79 bits per heavy atom. The highest BCUT2D eigenvalue weighted by Crippen LogP contribution is 2.31. The standard InChI is InChI=1S/C21H19BrN8O4/c1-11-14(9-25-34-11)8-24-19-17-16(26-20(27-19)28-21(31)33-3)18(22)29-30(17)10-13-5-4-12(7-23)6-15(13)32-2/h4-6,9H,8,10H2,1-3H3,(H2,24,26,27,28,31). The van der Waals surface area contributed by atoms with Gasteiger partial charge in [-0.3, -0.25) is 10.00 Å². The molecule has 3 heterocycles. The van der Waals surface area contributed by atoms with Gasteiger partial charge in [0.05, 0.1) is 38.6 Å².